The Labute approximate surface area is 96.8 Å². The van der Waals surface area contributed by atoms with E-state index in [0.29, 0.717) is 11.5 Å². The zero-order chi connectivity index (χ0) is 13.2. The molecule has 1 aromatic heterocycles. The van der Waals surface area contributed by atoms with Gasteiger partial charge in [-0.05, 0) is 20.8 Å². The third-order valence-corrected chi connectivity index (χ3v) is 2.52. The minimum Gasteiger partial charge on any atom is -0.382 e. The molecule has 0 aromatic carbocycles. The molecule has 0 aliphatic rings. The van der Waals surface area contributed by atoms with Crippen LogP contribution < -0.4 is 5.32 Å². The summed E-state index contributed by atoms with van der Waals surface area (Å²) in [5, 5.41) is 15.2. The van der Waals surface area contributed by atoms with E-state index in [9.17, 15) is 13.2 Å². The van der Waals surface area contributed by atoms with Crippen LogP contribution >= 0.6 is 0 Å². The van der Waals surface area contributed by atoms with Crippen molar-refractivity contribution in [1.29, 1.82) is 0 Å². The molecule has 0 fully saturated rings. The van der Waals surface area contributed by atoms with Crippen molar-refractivity contribution in [1.82, 2.24) is 10.5 Å². The standard InChI is InChI=1S/C10H15F3N2O2/c1-5(9-6(2)15-17-7(9)3)14-4-8(16)10(11,12)13/h5,8,14,16H,4H2,1-3H3. The van der Waals surface area contributed by atoms with E-state index >= 15 is 0 Å². The Morgan fingerprint density at radius 1 is 1.41 bits per heavy atom. The highest BCUT2D eigenvalue weighted by atomic mass is 19.4. The lowest BCUT2D eigenvalue weighted by molar-refractivity contribution is -0.202. The predicted octanol–water partition coefficient (Wildman–Crippen LogP) is 1.87. The van der Waals surface area contributed by atoms with Gasteiger partial charge >= 0.3 is 6.18 Å². The molecule has 4 nitrogen and oxygen atoms in total. The fourth-order valence-corrected chi connectivity index (χ4v) is 1.61. The molecule has 0 spiro atoms. The monoisotopic (exact) mass is 252 g/mol. The van der Waals surface area contributed by atoms with Gasteiger partial charge in [0.2, 0.25) is 0 Å². The number of halogens is 3. The summed E-state index contributed by atoms with van der Waals surface area (Å²) in [6.45, 7) is 4.53. The molecule has 0 saturated carbocycles. The molecule has 98 valence electrons. The van der Waals surface area contributed by atoms with Gasteiger partial charge in [0.1, 0.15) is 5.76 Å². The van der Waals surface area contributed by atoms with Crippen LogP contribution in [0.3, 0.4) is 0 Å². The van der Waals surface area contributed by atoms with Crippen molar-refractivity contribution in [3.05, 3.63) is 17.0 Å². The molecule has 0 aliphatic heterocycles. The average molecular weight is 252 g/mol. The lowest BCUT2D eigenvalue weighted by atomic mass is 10.1. The first-order chi connectivity index (χ1) is 7.73. The number of rotatable bonds is 4. The van der Waals surface area contributed by atoms with Crippen molar-refractivity contribution >= 4 is 0 Å². The van der Waals surface area contributed by atoms with Crippen molar-refractivity contribution in [2.24, 2.45) is 0 Å². The lowest BCUT2D eigenvalue weighted by Gasteiger charge is -2.18. The largest absolute Gasteiger partial charge is 0.415 e. The molecule has 1 rings (SSSR count). The van der Waals surface area contributed by atoms with Crippen LogP contribution in [0.4, 0.5) is 13.2 Å². The first-order valence-electron chi connectivity index (χ1n) is 5.14. The van der Waals surface area contributed by atoms with Crippen LogP contribution in [-0.4, -0.2) is 29.1 Å². The first-order valence-corrected chi connectivity index (χ1v) is 5.14. The maximum absolute atomic E-state index is 12.1. The molecule has 17 heavy (non-hydrogen) atoms. The van der Waals surface area contributed by atoms with Crippen LogP contribution in [0.5, 0.6) is 0 Å². The van der Waals surface area contributed by atoms with Crippen molar-refractivity contribution in [3.8, 4) is 0 Å². The number of hydrogen-bond acceptors (Lipinski definition) is 4. The molecular formula is C10H15F3N2O2. The molecular weight excluding hydrogens is 237 g/mol. The van der Waals surface area contributed by atoms with E-state index in [1.165, 1.54) is 0 Å². The van der Waals surface area contributed by atoms with Crippen molar-refractivity contribution in [2.75, 3.05) is 6.54 Å². The summed E-state index contributed by atoms with van der Waals surface area (Å²) in [5.41, 5.74) is 1.35. The zero-order valence-corrected chi connectivity index (χ0v) is 9.80. The van der Waals surface area contributed by atoms with Gasteiger partial charge in [0, 0.05) is 18.2 Å². The number of nitrogens with one attached hydrogen (secondary N) is 1. The highest BCUT2D eigenvalue weighted by Gasteiger charge is 2.38. The maximum atomic E-state index is 12.1. The maximum Gasteiger partial charge on any atom is 0.415 e. The van der Waals surface area contributed by atoms with E-state index in [1.807, 2.05) is 0 Å². The van der Waals surface area contributed by atoms with E-state index in [-0.39, 0.29) is 6.04 Å². The topological polar surface area (TPSA) is 58.3 Å². The minimum atomic E-state index is -4.61. The second-order valence-corrected chi connectivity index (χ2v) is 3.93. The third kappa shape index (κ3) is 3.44. The number of nitrogens with zero attached hydrogens (tertiary/aromatic N) is 1. The van der Waals surface area contributed by atoms with Gasteiger partial charge in [0.05, 0.1) is 5.69 Å². The van der Waals surface area contributed by atoms with E-state index in [4.69, 9.17) is 9.63 Å². The van der Waals surface area contributed by atoms with E-state index in [1.54, 1.807) is 20.8 Å². The second kappa shape index (κ2) is 5.05. The molecule has 0 amide bonds. The van der Waals surface area contributed by atoms with Gasteiger partial charge in [-0.1, -0.05) is 5.16 Å². The molecule has 0 radical (unpaired) electrons. The Kier molecular flexibility index (Phi) is 4.16. The van der Waals surface area contributed by atoms with Gasteiger partial charge in [-0.25, -0.2) is 0 Å². The van der Waals surface area contributed by atoms with Gasteiger partial charge in [0.25, 0.3) is 0 Å². The Morgan fingerprint density at radius 2 is 2.00 bits per heavy atom. The molecule has 2 atom stereocenters. The molecule has 7 heteroatoms. The van der Waals surface area contributed by atoms with Crippen LogP contribution in [0.1, 0.15) is 30.0 Å². The summed E-state index contributed by atoms with van der Waals surface area (Å²) in [6.07, 6.45) is -6.98. The number of aliphatic hydroxyl groups excluding tert-OH is 1. The van der Waals surface area contributed by atoms with E-state index in [0.717, 1.165) is 5.56 Å². The molecule has 2 unspecified atom stereocenters. The molecule has 0 aliphatic carbocycles. The normalized spacial score (nSPS) is 15.9. The van der Waals surface area contributed by atoms with Gasteiger partial charge in [-0.15, -0.1) is 0 Å². The van der Waals surface area contributed by atoms with Gasteiger partial charge in [-0.2, -0.15) is 13.2 Å². The van der Waals surface area contributed by atoms with Crippen molar-refractivity contribution in [2.45, 2.75) is 39.1 Å². The highest BCUT2D eigenvalue weighted by Crippen LogP contribution is 2.23. The number of aliphatic hydroxyl groups is 1. The summed E-state index contributed by atoms with van der Waals surface area (Å²) in [7, 11) is 0. The van der Waals surface area contributed by atoms with Gasteiger partial charge in [0.15, 0.2) is 6.10 Å². The molecule has 0 saturated heterocycles. The fourth-order valence-electron chi connectivity index (χ4n) is 1.61. The van der Waals surface area contributed by atoms with Crippen LogP contribution in [0.15, 0.2) is 4.52 Å². The third-order valence-electron chi connectivity index (χ3n) is 2.52. The lowest BCUT2D eigenvalue weighted by Crippen LogP contribution is -2.39. The first kappa shape index (κ1) is 14.0. The predicted molar refractivity (Wildman–Crippen MR) is 54.5 cm³/mol. The summed E-state index contributed by atoms with van der Waals surface area (Å²) < 4.78 is 41.2. The average Bonchev–Trinajstić information content (AvgIpc) is 2.53. The second-order valence-electron chi connectivity index (χ2n) is 3.93. The molecule has 0 bridgehead atoms. The highest BCUT2D eigenvalue weighted by molar-refractivity contribution is 5.24. The Balaban J connectivity index is 2.59. The van der Waals surface area contributed by atoms with Gasteiger partial charge < -0.3 is 14.9 Å². The zero-order valence-electron chi connectivity index (χ0n) is 9.80. The van der Waals surface area contributed by atoms with Crippen LogP contribution in [0.2, 0.25) is 0 Å². The molecule has 1 heterocycles. The minimum absolute atomic E-state index is 0.363. The summed E-state index contributed by atoms with van der Waals surface area (Å²) in [5.74, 6) is 0.559. The van der Waals surface area contributed by atoms with Crippen LogP contribution in [0.25, 0.3) is 0 Å². The number of hydrogen-bond donors (Lipinski definition) is 2. The summed E-state index contributed by atoms with van der Waals surface area (Å²) >= 11 is 0. The Morgan fingerprint density at radius 3 is 2.41 bits per heavy atom. The smallest absolute Gasteiger partial charge is 0.382 e. The van der Waals surface area contributed by atoms with E-state index < -0.39 is 18.8 Å². The molecule has 2 N–H and O–H groups in total. The number of aromatic nitrogens is 1. The Hall–Kier alpha value is -1.08. The Bertz CT molecular complexity index is 357. The van der Waals surface area contributed by atoms with Crippen LogP contribution in [0, 0.1) is 13.8 Å². The van der Waals surface area contributed by atoms with Crippen molar-refractivity contribution < 1.29 is 22.8 Å². The molecule has 1 aromatic rings. The van der Waals surface area contributed by atoms with Crippen molar-refractivity contribution in [3.63, 3.8) is 0 Å². The number of alkyl halides is 3. The van der Waals surface area contributed by atoms with Crippen LogP contribution in [-0.2, 0) is 0 Å². The number of aryl methyl sites for hydroxylation is 2. The van der Waals surface area contributed by atoms with Gasteiger partial charge in [-0.3, -0.25) is 0 Å². The summed E-state index contributed by atoms with van der Waals surface area (Å²) in [6, 6.07) is -0.363. The quantitative estimate of drug-likeness (QED) is 0.858. The SMILES string of the molecule is Cc1noc(C)c1C(C)NCC(O)C(F)(F)F. The fraction of sp³-hybridized carbons (Fsp3) is 0.700. The van der Waals surface area contributed by atoms with E-state index in [2.05, 4.69) is 10.5 Å². The summed E-state index contributed by atoms with van der Waals surface area (Å²) in [4.78, 5) is 0.